The van der Waals surface area contributed by atoms with Crippen molar-refractivity contribution in [1.29, 1.82) is 0 Å². The molecule has 1 aliphatic heterocycles. The smallest absolute Gasteiger partial charge is 0.321 e. The fraction of sp³-hybridized carbons (Fsp3) is 0.417. The number of carbonyl (C=O) groups is 1. The van der Waals surface area contributed by atoms with E-state index in [9.17, 15) is 4.79 Å². The summed E-state index contributed by atoms with van der Waals surface area (Å²) in [5.41, 5.74) is 1.08. The van der Waals surface area contributed by atoms with Gasteiger partial charge < -0.3 is 10.2 Å². The molecule has 2 rings (SSSR count). The number of hydrogen-bond donors (Lipinski definition) is 2. The number of aliphatic hydroxyl groups excluding tert-OH is 1. The third-order valence-corrected chi connectivity index (χ3v) is 3.07. The molecule has 0 spiro atoms. The van der Waals surface area contributed by atoms with Gasteiger partial charge in [-0.25, -0.2) is 0 Å². The molecule has 2 unspecified atom stereocenters. The highest BCUT2D eigenvalue weighted by molar-refractivity contribution is 5.74. The molecule has 0 aromatic heterocycles. The summed E-state index contributed by atoms with van der Waals surface area (Å²) in [7, 11) is 0. The fourth-order valence-electron chi connectivity index (χ4n) is 2.10. The Kier molecular flexibility index (Phi) is 3.22. The molecule has 1 aromatic rings. The first-order valence-electron chi connectivity index (χ1n) is 5.35. The van der Waals surface area contributed by atoms with Gasteiger partial charge in [0.2, 0.25) is 0 Å². The number of rotatable bonds is 4. The standard InChI is InChI=1S/C12H15NO3/c14-8-10-6-11(12(15)16)13(10)7-9-4-2-1-3-5-9/h1-5,10-11,14H,6-8H2,(H,15,16). The van der Waals surface area contributed by atoms with Crippen molar-refractivity contribution in [2.75, 3.05) is 6.61 Å². The predicted molar refractivity (Wildman–Crippen MR) is 58.9 cm³/mol. The van der Waals surface area contributed by atoms with Crippen LogP contribution in [-0.4, -0.2) is 39.8 Å². The van der Waals surface area contributed by atoms with Gasteiger partial charge in [-0.05, 0) is 12.0 Å². The summed E-state index contributed by atoms with van der Waals surface area (Å²) in [6, 6.07) is 9.26. The van der Waals surface area contributed by atoms with E-state index in [0.717, 1.165) is 5.56 Å². The number of carboxylic acids is 1. The Bertz CT molecular complexity index is 366. The van der Waals surface area contributed by atoms with Gasteiger partial charge in [0, 0.05) is 12.6 Å². The van der Waals surface area contributed by atoms with Crippen molar-refractivity contribution in [1.82, 2.24) is 4.90 Å². The normalized spacial score (nSPS) is 25.1. The molecule has 4 nitrogen and oxygen atoms in total. The average Bonchev–Trinajstić information content (AvgIpc) is 2.26. The monoisotopic (exact) mass is 221 g/mol. The second-order valence-electron chi connectivity index (χ2n) is 4.08. The van der Waals surface area contributed by atoms with Crippen molar-refractivity contribution in [2.24, 2.45) is 0 Å². The minimum Gasteiger partial charge on any atom is -0.480 e. The van der Waals surface area contributed by atoms with E-state index >= 15 is 0 Å². The Labute approximate surface area is 94.1 Å². The molecule has 0 radical (unpaired) electrons. The van der Waals surface area contributed by atoms with Crippen molar-refractivity contribution in [2.45, 2.75) is 25.0 Å². The molecule has 0 bridgehead atoms. The van der Waals surface area contributed by atoms with Gasteiger partial charge in [0.05, 0.1) is 6.61 Å². The van der Waals surface area contributed by atoms with E-state index in [2.05, 4.69) is 0 Å². The van der Waals surface area contributed by atoms with Crippen LogP contribution in [0.25, 0.3) is 0 Å². The second-order valence-corrected chi connectivity index (χ2v) is 4.08. The van der Waals surface area contributed by atoms with Gasteiger partial charge in [0.15, 0.2) is 0 Å². The number of nitrogens with zero attached hydrogens (tertiary/aromatic N) is 1. The SMILES string of the molecule is O=C(O)C1CC(CO)N1Cc1ccccc1. The van der Waals surface area contributed by atoms with Gasteiger partial charge in [0.1, 0.15) is 6.04 Å². The number of aliphatic hydroxyl groups is 1. The van der Waals surface area contributed by atoms with Crippen molar-refractivity contribution in [3.05, 3.63) is 35.9 Å². The highest BCUT2D eigenvalue weighted by Crippen LogP contribution is 2.27. The zero-order valence-electron chi connectivity index (χ0n) is 8.91. The molecule has 1 heterocycles. The lowest BCUT2D eigenvalue weighted by atomic mass is 9.92. The summed E-state index contributed by atoms with van der Waals surface area (Å²) in [6.45, 7) is 0.611. The first kappa shape index (κ1) is 11.1. The van der Waals surface area contributed by atoms with Crippen molar-refractivity contribution < 1.29 is 15.0 Å². The molecular weight excluding hydrogens is 206 g/mol. The van der Waals surface area contributed by atoms with Crippen LogP contribution in [0.15, 0.2) is 30.3 Å². The molecule has 16 heavy (non-hydrogen) atoms. The molecule has 0 saturated carbocycles. The van der Waals surface area contributed by atoms with E-state index in [-0.39, 0.29) is 12.6 Å². The van der Waals surface area contributed by atoms with E-state index in [1.54, 1.807) is 0 Å². The predicted octanol–water partition coefficient (Wildman–Crippen LogP) is 0.706. The van der Waals surface area contributed by atoms with Gasteiger partial charge in [-0.15, -0.1) is 0 Å². The van der Waals surface area contributed by atoms with Crippen molar-refractivity contribution in [3.8, 4) is 0 Å². The maximum Gasteiger partial charge on any atom is 0.321 e. The Balaban J connectivity index is 2.04. The number of hydrogen-bond acceptors (Lipinski definition) is 3. The van der Waals surface area contributed by atoms with Gasteiger partial charge >= 0.3 is 5.97 Å². The largest absolute Gasteiger partial charge is 0.480 e. The zero-order chi connectivity index (χ0) is 11.5. The highest BCUT2D eigenvalue weighted by atomic mass is 16.4. The van der Waals surface area contributed by atoms with Gasteiger partial charge in [-0.2, -0.15) is 0 Å². The summed E-state index contributed by atoms with van der Waals surface area (Å²) in [4.78, 5) is 12.8. The van der Waals surface area contributed by atoms with Crippen LogP contribution in [0.5, 0.6) is 0 Å². The lowest BCUT2D eigenvalue weighted by Gasteiger charge is -2.45. The summed E-state index contributed by atoms with van der Waals surface area (Å²) >= 11 is 0. The molecule has 1 saturated heterocycles. The van der Waals surface area contributed by atoms with Crippen LogP contribution < -0.4 is 0 Å². The Morgan fingerprint density at radius 2 is 2.06 bits per heavy atom. The van der Waals surface area contributed by atoms with E-state index in [0.29, 0.717) is 13.0 Å². The molecule has 2 N–H and O–H groups in total. The topological polar surface area (TPSA) is 60.8 Å². The molecule has 86 valence electrons. The number of carboxylic acid groups (broad SMARTS) is 1. The lowest BCUT2D eigenvalue weighted by molar-refractivity contribution is -0.154. The molecule has 0 aliphatic carbocycles. The van der Waals surface area contributed by atoms with E-state index in [1.807, 2.05) is 35.2 Å². The van der Waals surface area contributed by atoms with Crippen LogP contribution in [-0.2, 0) is 11.3 Å². The summed E-state index contributed by atoms with van der Waals surface area (Å²) in [6.07, 6.45) is 0.540. The summed E-state index contributed by atoms with van der Waals surface area (Å²) in [5, 5.41) is 18.1. The maximum atomic E-state index is 10.9. The highest BCUT2D eigenvalue weighted by Gasteiger charge is 2.42. The third-order valence-electron chi connectivity index (χ3n) is 3.07. The van der Waals surface area contributed by atoms with Crippen LogP contribution in [0.1, 0.15) is 12.0 Å². The molecule has 1 aromatic carbocycles. The first-order valence-corrected chi connectivity index (χ1v) is 5.35. The zero-order valence-corrected chi connectivity index (χ0v) is 8.91. The Hall–Kier alpha value is -1.39. The molecule has 4 heteroatoms. The van der Waals surface area contributed by atoms with E-state index in [1.165, 1.54) is 0 Å². The number of benzene rings is 1. The van der Waals surface area contributed by atoms with E-state index in [4.69, 9.17) is 10.2 Å². The fourth-order valence-corrected chi connectivity index (χ4v) is 2.10. The average molecular weight is 221 g/mol. The second kappa shape index (κ2) is 4.63. The first-order chi connectivity index (χ1) is 7.72. The van der Waals surface area contributed by atoms with Crippen LogP contribution >= 0.6 is 0 Å². The van der Waals surface area contributed by atoms with Crippen LogP contribution in [0.4, 0.5) is 0 Å². The molecule has 1 aliphatic rings. The quantitative estimate of drug-likeness (QED) is 0.786. The Morgan fingerprint density at radius 1 is 1.38 bits per heavy atom. The number of likely N-dealkylation sites (tertiary alicyclic amines) is 1. The number of aliphatic carboxylic acids is 1. The molecule has 2 atom stereocenters. The van der Waals surface area contributed by atoms with E-state index < -0.39 is 12.0 Å². The van der Waals surface area contributed by atoms with Crippen LogP contribution in [0.2, 0.25) is 0 Å². The van der Waals surface area contributed by atoms with Crippen molar-refractivity contribution in [3.63, 3.8) is 0 Å². The van der Waals surface area contributed by atoms with Crippen LogP contribution in [0, 0.1) is 0 Å². The minimum absolute atomic E-state index is 0.0127. The van der Waals surface area contributed by atoms with Crippen molar-refractivity contribution >= 4 is 5.97 Å². The maximum absolute atomic E-state index is 10.9. The van der Waals surface area contributed by atoms with Gasteiger partial charge in [0.25, 0.3) is 0 Å². The minimum atomic E-state index is -0.805. The summed E-state index contributed by atoms with van der Waals surface area (Å²) in [5.74, 6) is -0.805. The van der Waals surface area contributed by atoms with Gasteiger partial charge in [-0.1, -0.05) is 30.3 Å². The molecule has 1 fully saturated rings. The molecular formula is C12H15NO3. The summed E-state index contributed by atoms with van der Waals surface area (Å²) < 4.78 is 0. The van der Waals surface area contributed by atoms with Gasteiger partial charge in [-0.3, -0.25) is 9.69 Å². The van der Waals surface area contributed by atoms with Crippen LogP contribution in [0.3, 0.4) is 0 Å². The Morgan fingerprint density at radius 3 is 2.62 bits per heavy atom. The molecule has 0 amide bonds. The third kappa shape index (κ3) is 2.08. The lowest BCUT2D eigenvalue weighted by Crippen LogP contribution is -2.60.